The lowest BCUT2D eigenvalue weighted by Gasteiger charge is -2.26. The van der Waals surface area contributed by atoms with Crippen molar-refractivity contribution < 1.29 is 27.4 Å². The highest BCUT2D eigenvalue weighted by Gasteiger charge is 2.37. The first-order valence-corrected chi connectivity index (χ1v) is 14.4. The Balaban J connectivity index is 1.33. The van der Waals surface area contributed by atoms with Gasteiger partial charge in [-0.15, -0.1) is 0 Å². The molecule has 3 aromatic rings. The van der Waals surface area contributed by atoms with Gasteiger partial charge in [0.05, 0.1) is 37.0 Å². The number of amides is 1. The normalized spacial score (nSPS) is 16.0. The molecule has 10 nitrogen and oxygen atoms in total. The number of carbonyl (C=O) groups is 1. The Bertz CT molecular complexity index is 1360. The molecule has 1 aliphatic heterocycles. The smallest absolute Gasteiger partial charge is 0.257 e. The van der Waals surface area contributed by atoms with Crippen LogP contribution in [0.4, 0.5) is 10.1 Å². The highest BCUT2D eigenvalue weighted by atomic mass is 32.2. The number of sulfone groups is 1. The van der Waals surface area contributed by atoms with Gasteiger partial charge in [-0.2, -0.15) is 0 Å². The fourth-order valence-electron chi connectivity index (χ4n) is 3.81. The molecule has 1 saturated carbocycles. The summed E-state index contributed by atoms with van der Waals surface area (Å²) in [6, 6.07) is 7.90. The van der Waals surface area contributed by atoms with E-state index in [9.17, 15) is 13.2 Å². The Labute approximate surface area is 219 Å². The molecule has 2 aromatic heterocycles. The zero-order chi connectivity index (χ0) is 26.0. The van der Waals surface area contributed by atoms with Crippen molar-refractivity contribution in [1.29, 1.82) is 0 Å². The third-order valence-corrected chi connectivity index (χ3v) is 8.90. The van der Waals surface area contributed by atoms with Crippen molar-refractivity contribution in [3.8, 4) is 17.2 Å². The van der Waals surface area contributed by atoms with Gasteiger partial charge in [-0.1, -0.05) is 11.3 Å². The van der Waals surface area contributed by atoms with E-state index in [4.69, 9.17) is 14.2 Å². The number of pyridine rings is 1. The number of ether oxygens (including phenoxy) is 3. The van der Waals surface area contributed by atoms with Gasteiger partial charge in [-0.3, -0.25) is 10.1 Å². The van der Waals surface area contributed by atoms with Crippen LogP contribution >= 0.6 is 11.3 Å². The number of carbonyl (C=O) groups excluding carboxylic acids is 1. The zero-order valence-corrected chi connectivity index (χ0v) is 22.2. The summed E-state index contributed by atoms with van der Waals surface area (Å²) < 4.78 is 41.9. The molecule has 3 heterocycles. The van der Waals surface area contributed by atoms with Gasteiger partial charge in [0.2, 0.25) is 0 Å². The quantitative estimate of drug-likeness (QED) is 0.424. The van der Waals surface area contributed by atoms with Crippen molar-refractivity contribution in [3.63, 3.8) is 0 Å². The Morgan fingerprint density at radius 2 is 1.84 bits per heavy atom. The van der Waals surface area contributed by atoms with E-state index in [1.165, 1.54) is 23.6 Å². The van der Waals surface area contributed by atoms with Crippen molar-refractivity contribution in [2.45, 2.75) is 43.1 Å². The van der Waals surface area contributed by atoms with Crippen molar-refractivity contribution in [1.82, 2.24) is 9.97 Å². The molecular formula is C25H28N4O6S2. The van der Waals surface area contributed by atoms with E-state index >= 15 is 0 Å². The second-order valence-electron chi connectivity index (χ2n) is 9.10. The monoisotopic (exact) mass is 544 g/mol. The molecule has 2 aliphatic rings. The molecule has 2 fully saturated rings. The molecule has 0 radical (unpaired) electrons. The Kier molecular flexibility index (Phi) is 7.31. The van der Waals surface area contributed by atoms with E-state index in [1.54, 1.807) is 30.5 Å². The van der Waals surface area contributed by atoms with Crippen LogP contribution in [0.1, 0.15) is 37.0 Å². The number of thiazole rings is 1. The maximum absolute atomic E-state index is 13.1. The maximum atomic E-state index is 13.1. The van der Waals surface area contributed by atoms with E-state index in [1.807, 2.05) is 13.8 Å². The van der Waals surface area contributed by atoms with Crippen LogP contribution in [0.5, 0.6) is 17.2 Å². The van der Waals surface area contributed by atoms with Gasteiger partial charge in [0, 0.05) is 24.7 Å². The number of aromatic nitrogens is 2. The fourth-order valence-corrected chi connectivity index (χ4v) is 6.23. The molecular weight excluding hydrogens is 516 g/mol. The Morgan fingerprint density at radius 1 is 1.08 bits per heavy atom. The van der Waals surface area contributed by atoms with Crippen molar-refractivity contribution in [2.24, 2.45) is 0 Å². The lowest BCUT2D eigenvalue weighted by atomic mass is 10.2. The largest absolute Gasteiger partial charge is 0.491 e. The lowest BCUT2D eigenvalue weighted by molar-refractivity contribution is 0.102. The number of nitrogens with one attached hydrogen (secondary N) is 1. The third kappa shape index (κ3) is 6.20. The summed E-state index contributed by atoms with van der Waals surface area (Å²) in [6.45, 7) is 6.68. The average molecular weight is 545 g/mol. The molecule has 0 unspecified atom stereocenters. The number of benzene rings is 1. The summed E-state index contributed by atoms with van der Waals surface area (Å²) in [5, 5.41) is 4.02. The van der Waals surface area contributed by atoms with Crippen LogP contribution < -0.4 is 19.7 Å². The minimum atomic E-state index is -3.38. The highest BCUT2D eigenvalue weighted by Crippen LogP contribution is 2.34. The second-order valence-corrected chi connectivity index (χ2v) is 12.3. The van der Waals surface area contributed by atoms with Gasteiger partial charge in [0.1, 0.15) is 22.2 Å². The van der Waals surface area contributed by atoms with Gasteiger partial charge in [0.15, 0.2) is 20.0 Å². The Morgan fingerprint density at radius 3 is 2.51 bits per heavy atom. The predicted octanol–water partition coefficient (Wildman–Crippen LogP) is 4.14. The fraction of sp³-hybridized carbons (Fsp3) is 0.400. The molecule has 1 aromatic carbocycles. The van der Waals surface area contributed by atoms with Crippen LogP contribution in [0.3, 0.4) is 0 Å². The van der Waals surface area contributed by atoms with Crippen LogP contribution in [-0.2, 0) is 14.6 Å². The van der Waals surface area contributed by atoms with E-state index in [-0.39, 0.29) is 22.3 Å². The van der Waals surface area contributed by atoms with Crippen LogP contribution in [0.2, 0.25) is 0 Å². The van der Waals surface area contributed by atoms with Crippen LogP contribution in [0, 0.1) is 0 Å². The second kappa shape index (κ2) is 10.6. The summed E-state index contributed by atoms with van der Waals surface area (Å²) in [6.07, 6.45) is 4.35. The van der Waals surface area contributed by atoms with Gasteiger partial charge < -0.3 is 19.1 Å². The van der Waals surface area contributed by atoms with Crippen molar-refractivity contribution in [2.75, 3.05) is 36.5 Å². The molecule has 1 N–H and O–H groups in total. The summed E-state index contributed by atoms with van der Waals surface area (Å²) >= 11 is 1.40. The first kappa shape index (κ1) is 25.4. The molecule has 0 atom stereocenters. The standard InChI is InChI=1S/C25H28N4O6S2/c1-16(2)34-19-11-17(24(30)28-25-27-15-23(36-25)29-7-9-33-10-8-29)12-20(13-19)35-18-3-6-22(26-14-18)37(31,32)21-4-5-21/h3,6,11-16,21H,4-5,7-10H2,1-2H3,(H,27,28,30). The molecule has 37 heavy (non-hydrogen) atoms. The van der Waals surface area contributed by atoms with E-state index < -0.39 is 9.84 Å². The van der Waals surface area contributed by atoms with E-state index in [0.717, 1.165) is 18.1 Å². The van der Waals surface area contributed by atoms with Gasteiger partial charge in [-0.05, 0) is 51.0 Å². The molecule has 196 valence electrons. The summed E-state index contributed by atoms with van der Waals surface area (Å²) in [4.78, 5) is 23.7. The number of rotatable bonds is 9. The number of hydrogen-bond donors (Lipinski definition) is 1. The third-order valence-electron chi connectivity index (χ3n) is 5.75. The molecule has 0 spiro atoms. The first-order chi connectivity index (χ1) is 17.8. The van der Waals surface area contributed by atoms with Crippen LogP contribution in [-0.4, -0.2) is 62.0 Å². The highest BCUT2D eigenvalue weighted by molar-refractivity contribution is 7.92. The minimum Gasteiger partial charge on any atom is -0.491 e. The van der Waals surface area contributed by atoms with Crippen molar-refractivity contribution >= 4 is 37.2 Å². The molecule has 1 amide bonds. The molecule has 1 saturated heterocycles. The first-order valence-electron chi connectivity index (χ1n) is 12.1. The molecule has 1 aliphatic carbocycles. The van der Waals surface area contributed by atoms with Crippen LogP contribution in [0.25, 0.3) is 0 Å². The number of anilines is 2. The SMILES string of the molecule is CC(C)Oc1cc(Oc2ccc(S(=O)(=O)C3CC3)nc2)cc(C(=O)Nc2ncc(N3CCOCC3)s2)c1. The summed E-state index contributed by atoms with van der Waals surface area (Å²) in [5.41, 5.74) is 0.331. The zero-order valence-electron chi connectivity index (χ0n) is 20.5. The number of hydrogen-bond acceptors (Lipinski definition) is 10. The van der Waals surface area contributed by atoms with Crippen LogP contribution in [0.15, 0.2) is 47.8 Å². The Hall–Kier alpha value is -3.22. The van der Waals surface area contributed by atoms with Gasteiger partial charge in [-0.25, -0.2) is 18.4 Å². The number of nitrogens with zero attached hydrogens (tertiary/aromatic N) is 3. The lowest BCUT2D eigenvalue weighted by Crippen LogP contribution is -2.35. The van der Waals surface area contributed by atoms with Gasteiger partial charge in [0.25, 0.3) is 5.91 Å². The summed E-state index contributed by atoms with van der Waals surface area (Å²) in [5.74, 6) is 0.812. The predicted molar refractivity (Wildman–Crippen MR) is 140 cm³/mol. The molecule has 0 bridgehead atoms. The molecule has 5 rings (SSSR count). The van der Waals surface area contributed by atoms with Gasteiger partial charge >= 0.3 is 0 Å². The molecule has 12 heteroatoms. The summed E-state index contributed by atoms with van der Waals surface area (Å²) in [7, 11) is -3.38. The maximum Gasteiger partial charge on any atom is 0.257 e. The van der Waals surface area contributed by atoms with Crippen molar-refractivity contribution in [3.05, 3.63) is 48.3 Å². The topological polar surface area (TPSA) is 120 Å². The number of morpholine rings is 1. The average Bonchev–Trinajstić information content (AvgIpc) is 3.64. The minimum absolute atomic E-state index is 0.0409. The van der Waals surface area contributed by atoms with E-state index in [2.05, 4.69) is 20.2 Å². The van der Waals surface area contributed by atoms with E-state index in [0.29, 0.717) is 54.0 Å².